The van der Waals surface area contributed by atoms with Gasteiger partial charge in [-0.1, -0.05) is 6.92 Å². The van der Waals surface area contributed by atoms with Crippen molar-refractivity contribution in [2.75, 3.05) is 17.2 Å². The Bertz CT molecular complexity index is 1350. The number of anilines is 1. The molecule has 186 valence electrons. The molecule has 1 aliphatic carbocycles. The van der Waals surface area contributed by atoms with Crippen LogP contribution in [0.15, 0.2) is 29.4 Å². The van der Waals surface area contributed by atoms with Gasteiger partial charge in [0.05, 0.1) is 39.7 Å². The number of sulfone groups is 1. The van der Waals surface area contributed by atoms with E-state index in [4.69, 9.17) is 4.74 Å². The van der Waals surface area contributed by atoms with Crippen molar-refractivity contribution in [2.45, 2.75) is 48.8 Å². The van der Waals surface area contributed by atoms with Crippen LogP contribution in [0.1, 0.15) is 30.9 Å². The van der Waals surface area contributed by atoms with Crippen molar-refractivity contribution in [2.24, 2.45) is 0 Å². The third kappa shape index (κ3) is 4.29. The number of aromatic nitrogens is 2. The lowest BCUT2D eigenvalue weighted by Crippen LogP contribution is -2.50. The number of alkyl halides is 5. The lowest BCUT2D eigenvalue weighted by Gasteiger charge is -2.32. The van der Waals surface area contributed by atoms with Crippen LogP contribution in [-0.2, 0) is 26.6 Å². The lowest BCUT2D eigenvalue weighted by molar-refractivity contribution is -0.276. The number of fused-ring (bicyclic) bond motifs is 1. The zero-order valence-electron chi connectivity index (χ0n) is 18.1. The number of nitriles is 1. The molecule has 0 aromatic carbocycles. The first-order chi connectivity index (χ1) is 16.2. The third-order valence-electron chi connectivity index (χ3n) is 5.93. The number of carbonyl (C=O) groups excluding carboxylic acids is 1. The molecule has 0 spiro atoms. The molecule has 0 saturated heterocycles. The molecule has 0 bridgehead atoms. The predicted molar refractivity (Wildman–Crippen MR) is 110 cm³/mol. The van der Waals surface area contributed by atoms with Crippen molar-refractivity contribution >= 4 is 21.6 Å². The smallest absolute Gasteiger partial charge is 0.444 e. The first-order valence-corrected chi connectivity index (χ1v) is 11.9. The number of pyridine rings is 2. The quantitative estimate of drug-likeness (QED) is 0.530. The molecule has 2 aromatic heterocycles. The summed E-state index contributed by atoms with van der Waals surface area (Å²) in [6, 6.07) is 4.73. The van der Waals surface area contributed by atoms with Crippen molar-refractivity contribution < 1.29 is 39.9 Å². The maximum Gasteiger partial charge on any atom is 0.455 e. The number of hydrogen-bond donors (Lipinski definition) is 0. The summed E-state index contributed by atoms with van der Waals surface area (Å²) in [6.07, 6.45) is -3.94. The molecule has 8 nitrogen and oxygen atoms in total. The molecule has 0 N–H and O–H groups in total. The molecule has 2 aromatic rings. The molecule has 14 heteroatoms. The molecule has 1 amide bonds. The summed E-state index contributed by atoms with van der Waals surface area (Å²) in [6.45, 7) is -1.05. The van der Waals surface area contributed by atoms with Crippen LogP contribution >= 0.6 is 0 Å². The van der Waals surface area contributed by atoms with Crippen LogP contribution in [0.5, 0.6) is 0 Å². The molecular weight excluding hydrogens is 499 g/mol. The highest BCUT2D eigenvalue weighted by Gasteiger charge is 2.59. The molecule has 1 aliphatic heterocycles. The number of nitrogens with zero attached hydrogens (tertiary/aromatic N) is 4. The second-order valence-electron chi connectivity index (χ2n) is 8.21. The average Bonchev–Trinajstić information content (AvgIpc) is 3.61. The Morgan fingerprint density at radius 1 is 1.17 bits per heavy atom. The number of halogens is 5. The van der Waals surface area contributed by atoms with Crippen molar-refractivity contribution in [1.29, 1.82) is 5.26 Å². The predicted octanol–water partition coefficient (Wildman–Crippen LogP) is 4.15. The Morgan fingerprint density at radius 2 is 1.86 bits per heavy atom. The minimum Gasteiger partial charge on any atom is -0.444 e. The Labute approximate surface area is 196 Å². The fraction of sp³-hybridized carbons (Fsp3) is 0.429. The number of ether oxygens (including phenoxy) is 1. The molecular formula is C21H17F5N4O4S. The van der Waals surface area contributed by atoms with E-state index in [2.05, 4.69) is 16.0 Å². The Balaban J connectivity index is 1.78. The van der Waals surface area contributed by atoms with E-state index < -0.39 is 46.6 Å². The van der Waals surface area contributed by atoms with Gasteiger partial charge in [-0.3, -0.25) is 14.9 Å². The Morgan fingerprint density at radius 3 is 2.43 bits per heavy atom. The van der Waals surface area contributed by atoms with Gasteiger partial charge in [0.25, 0.3) is 0 Å². The monoisotopic (exact) mass is 516 g/mol. The fourth-order valence-electron chi connectivity index (χ4n) is 3.61. The van der Waals surface area contributed by atoms with E-state index in [0.29, 0.717) is 18.4 Å². The highest BCUT2D eigenvalue weighted by Crippen LogP contribution is 2.48. The lowest BCUT2D eigenvalue weighted by atomic mass is 9.99. The summed E-state index contributed by atoms with van der Waals surface area (Å²) in [5.41, 5.74) is -0.782. The first kappa shape index (κ1) is 24.8. The molecule has 4 rings (SSSR count). The van der Waals surface area contributed by atoms with E-state index in [1.165, 1.54) is 25.3 Å². The van der Waals surface area contributed by atoms with Crippen molar-refractivity contribution in [1.82, 2.24) is 9.97 Å². The van der Waals surface area contributed by atoms with Crippen molar-refractivity contribution in [3.63, 3.8) is 0 Å². The number of rotatable bonds is 6. The van der Waals surface area contributed by atoms with E-state index in [1.807, 2.05) is 0 Å². The van der Waals surface area contributed by atoms with Gasteiger partial charge in [0.1, 0.15) is 18.8 Å². The Kier molecular flexibility index (Phi) is 5.74. The summed E-state index contributed by atoms with van der Waals surface area (Å²) in [5, 5.41) is 9.45. The highest BCUT2D eigenvalue weighted by molar-refractivity contribution is 7.91. The normalized spacial score (nSPS) is 17.4. The van der Waals surface area contributed by atoms with Crippen LogP contribution in [-0.4, -0.2) is 48.9 Å². The van der Waals surface area contributed by atoms with Gasteiger partial charge >= 0.3 is 18.2 Å². The standard InChI is InChI=1S/C21H17F5N4O4S/c1-2-35(32,33)16-6-13(19(10-27)3-4-19)7-29-17(16)14-5-12-9-34-18(31)30(15(12)8-28-14)11-20(22,23)21(24,25)26/h5-8H,2-4,9,11H2,1H3. The largest absolute Gasteiger partial charge is 0.455 e. The van der Waals surface area contributed by atoms with Crippen LogP contribution in [0.3, 0.4) is 0 Å². The topological polar surface area (TPSA) is 113 Å². The minimum absolute atomic E-state index is 0.0235. The second-order valence-corrected chi connectivity index (χ2v) is 10.5. The van der Waals surface area contributed by atoms with Crippen molar-refractivity contribution in [3.8, 4) is 17.5 Å². The van der Waals surface area contributed by atoms with E-state index in [9.17, 15) is 40.4 Å². The second kappa shape index (κ2) is 8.11. The molecule has 35 heavy (non-hydrogen) atoms. The molecule has 3 heterocycles. The number of amides is 1. The summed E-state index contributed by atoms with van der Waals surface area (Å²) < 4.78 is 95.7. The molecule has 0 radical (unpaired) electrons. The molecule has 1 saturated carbocycles. The molecule has 0 atom stereocenters. The fourth-order valence-corrected chi connectivity index (χ4v) is 4.68. The first-order valence-electron chi connectivity index (χ1n) is 10.3. The minimum atomic E-state index is -5.89. The summed E-state index contributed by atoms with van der Waals surface area (Å²) in [5.74, 6) is -5.49. The van der Waals surface area contributed by atoms with E-state index in [-0.39, 0.29) is 38.2 Å². The van der Waals surface area contributed by atoms with Gasteiger partial charge in [-0.2, -0.15) is 27.2 Å². The van der Waals surface area contributed by atoms with Crippen LogP contribution in [0.25, 0.3) is 11.4 Å². The third-order valence-corrected chi connectivity index (χ3v) is 7.67. The van der Waals surface area contributed by atoms with Gasteiger partial charge < -0.3 is 4.74 Å². The molecule has 0 unspecified atom stereocenters. The summed E-state index contributed by atoms with van der Waals surface area (Å²) in [7, 11) is -3.85. The highest BCUT2D eigenvalue weighted by atomic mass is 32.2. The van der Waals surface area contributed by atoms with E-state index >= 15 is 0 Å². The maximum absolute atomic E-state index is 13.6. The van der Waals surface area contributed by atoms with Gasteiger partial charge in [-0.05, 0) is 30.5 Å². The summed E-state index contributed by atoms with van der Waals surface area (Å²) in [4.78, 5) is 20.1. The van der Waals surface area contributed by atoms with Gasteiger partial charge in [-0.25, -0.2) is 13.2 Å². The van der Waals surface area contributed by atoms with Crippen LogP contribution in [0.2, 0.25) is 0 Å². The zero-order valence-corrected chi connectivity index (χ0v) is 18.9. The maximum atomic E-state index is 13.6. The number of carbonyl (C=O) groups is 1. The average molecular weight is 516 g/mol. The van der Waals surface area contributed by atoms with Gasteiger partial charge in [-0.15, -0.1) is 0 Å². The van der Waals surface area contributed by atoms with Gasteiger partial charge in [0, 0.05) is 11.8 Å². The zero-order chi connectivity index (χ0) is 25.8. The number of cyclic esters (lactones) is 1. The molecule has 2 aliphatic rings. The van der Waals surface area contributed by atoms with Gasteiger partial charge in [0.2, 0.25) is 0 Å². The van der Waals surface area contributed by atoms with Crippen molar-refractivity contribution in [3.05, 3.63) is 35.7 Å². The Hall–Kier alpha value is -3.34. The summed E-state index contributed by atoms with van der Waals surface area (Å²) >= 11 is 0. The van der Waals surface area contributed by atoms with E-state index in [0.717, 1.165) is 6.20 Å². The number of hydrogen-bond acceptors (Lipinski definition) is 7. The van der Waals surface area contributed by atoms with Gasteiger partial charge in [0.15, 0.2) is 9.84 Å². The van der Waals surface area contributed by atoms with Crippen LogP contribution in [0.4, 0.5) is 32.4 Å². The van der Waals surface area contributed by atoms with Crippen LogP contribution < -0.4 is 4.90 Å². The van der Waals surface area contributed by atoms with Crippen LogP contribution in [0, 0.1) is 11.3 Å². The SMILES string of the molecule is CCS(=O)(=O)c1cc(C2(C#N)CC2)cnc1-c1cc2c(cn1)N(CC(F)(F)C(F)(F)F)C(=O)OC2. The molecule has 1 fully saturated rings. The van der Waals surface area contributed by atoms with E-state index in [1.54, 1.807) is 0 Å².